The summed E-state index contributed by atoms with van der Waals surface area (Å²) in [4.78, 5) is 17.5. The molecule has 0 aromatic carbocycles. The lowest BCUT2D eigenvalue weighted by Gasteiger charge is -2.36. The van der Waals surface area contributed by atoms with Crippen molar-refractivity contribution in [3.8, 4) is 0 Å². The third-order valence-corrected chi connectivity index (χ3v) is 5.40. The summed E-state index contributed by atoms with van der Waals surface area (Å²) in [5.74, 6) is 1.69. The van der Waals surface area contributed by atoms with Crippen LogP contribution >= 0.6 is 11.8 Å². The van der Waals surface area contributed by atoms with E-state index < -0.39 is 16.6 Å². The first-order valence-corrected chi connectivity index (χ1v) is 8.68. The van der Waals surface area contributed by atoms with Crippen LogP contribution in [0.15, 0.2) is 47.2 Å². The molecule has 9 heteroatoms. The molecule has 0 amide bonds. The molecule has 0 aliphatic carbocycles. The second-order valence-electron chi connectivity index (χ2n) is 5.63. The van der Waals surface area contributed by atoms with Gasteiger partial charge in [0.25, 0.3) is 0 Å². The van der Waals surface area contributed by atoms with Crippen molar-refractivity contribution in [2.24, 2.45) is 4.99 Å². The van der Waals surface area contributed by atoms with Crippen molar-refractivity contribution in [1.29, 1.82) is 0 Å². The number of rotatable bonds is 3. The van der Waals surface area contributed by atoms with Crippen molar-refractivity contribution in [1.82, 2.24) is 19.9 Å². The topological polar surface area (TPSA) is 57.2 Å². The number of imidazole rings is 1. The molecule has 0 bridgehead atoms. The average Bonchev–Trinajstić information content (AvgIpc) is 3.16. The second-order valence-corrected chi connectivity index (χ2v) is 7.18. The molecule has 0 spiro atoms. The summed E-state index contributed by atoms with van der Waals surface area (Å²) in [5.41, 5.74) is 0.662. The van der Waals surface area contributed by atoms with E-state index in [2.05, 4.69) is 19.9 Å². The van der Waals surface area contributed by atoms with Crippen LogP contribution in [0.25, 0.3) is 11.2 Å². The Bertz CT molecular complexity index is 881. The largest absolute Gasteiger partial charge is 0.416 e. The summed E-state index contributed by atoms with van der Waals surface area (Å²) >= 11 is 1.58. The maximum atomic E-state index is 13.0. The maximum Gasteiger partial charge on any atom is 0.416 e. The summed E-state index contributed by atoms with van der Waals surface area (Å²) in [6.45, 7) is 2.31. The van der Waals surface area contributed by atoms with E-state index in [4.69, 9.17) is 0 Å². The Kier molecular flexibility index (Phi) is 3.64. The minimum absolute atomic E-state index is 0.296. The van der Waals surface area contributed by atoms with Gasteiger partial charge in [-0.05, 0) is 30.0 Å². The van der Waals surface area contributed by atoms with Crippen molar-refractivity contribution in [2.75, 3.05) is 12.3 Å². The molecule has 4 rings (SSSR count). The van der Waals surface area contributed by atoms with E-state index in [1.807, 2.05) is 13.0 Å². The zero-order valence-electron chi connectivity index (χ0n) is 13.2. The molecule has 5 nitrogen and oxygen atoms in total. The van der Waals surface area contributed by atoms with E-state index in [1.54, 1.807) is 28.9 Å². The Hall–Kier alpha value is -2.29. The number of halogens is 3. The predicted molar refractivity (Wildman–Crippen MR) is 91.1 cm³/mol. The third kappa shape index (κ3) is 2.53. The SMILES string of the molecule is CCSC1(c2nc3ncccc3[nH]2)CN=C2C=C(C(F)(F)F)C=CN21. The minimum atomic E-state index is -4.39. The highest BCUT2D eigenvalue weighted by molar-refractivity contribution is 8.00. The quantitative estimate of drug-likeness (QED) is 0.903. The molecule has 2 aliphatic rings. The van der Waals surface area contributed by atoms with Gasteiger partial charge in [-0.2, -0.15) is 13.2 Å². The summed E-state index contributed by atoms with van der Waals surface area (Å²) in [6, 6.07) is 3.67. The average molecular weight is 365 g/mol. The van der Waals surface area contributed by atoms with Crippen molar-refractivity contribution >= 4 is 28.8 Å². The molecular weight excluding hydrogens is 351 g/mol. The number of allylic oxidation sites excluding steroid dienone is 2. The fraction of sp³-hybridized carbons (Fsp3) is 0.312. The number of fused-ring (bicyclic) bond motifs is 2. The summed E-state index contributed by atoms with van der Waals surface area (Å²) in [5, 5.41) is 0. The zero-order valence-corrected chi connectivity index (χ0v) is 14.0. The summed E-state index contributed by atoms with van der Waals surface area (Å²) < 4.78 is 38.9. The Labute approximate surface area is 145 Å². The van der Waals surface area contributed by atoms with E-state index in [9.17, 15) is 13.2 Å². The first-order chi connectivity index (χ1) is 11.9. The van der Waals surface area contributed by atoms with E-state index >= 15 is 0 Å². The molecule has 25 heavy (non-hydrogen) atoms. The fourth-order valence-corrected chi connectivity index (χ4v) is 4.16. The highest BCUT2D eigenvalue weighted by atomic mass is 32.2. The van der Waals surface area contributed by atoms with Crippen LogP contribution in [0.3, 0.4) is 0 Å². The van der Waals surface area contributed by atoms with E-state index in [0.717, 1.165) is 23.4 Å². The molecule has 1 unspecified atom stereocenters. The van der Waals surface area contributed by atoms with Crippen molar-refractivity contribution in [2.45, 2.75) is 18.0 Å². The van der Waals surface area contributed by atoms with Gasteiger partial charge in [0.05, 0.1) is 17.6 Å². The van der Waals surface area contributed by atoms with Gasteiger partial charge < -0.3 is 9.88 Å². The first kappa shape index (κ1) is 16.2. The van der Waals surface area contributed by atoms with Crippen LogP contribution in [-0.2, 0) is 4.87 Å². The number of hydrogen-bond acceptors (Lipinski definition) is 5. The van der Waals surface area contributed by atoms with Gasteiger partial charge in [-0.1, -0.05) is 6.92 Å². The van der Waals surface area contributed by atoms with Crippen LogP contribution < -0.4 is 0 Å². The Morgan fingerprint density at radius 3 is 2.96 bits per heavy atom. The predicted octanol–water partition coefficient (Wildman–Crippen LogP) is 3.59. The molecule has 2 aromatic rings. The van der Waals surface area contributed by atoms with Crippen molar-refractivity contribution < 1.29 is 13.2 Å². The Balaban J connectivity index is 1.77. The fourth-order valence-electron chi connectivity index (χ4n) is 3.00. The number of alkyl halides is 3. The van der Waals surface area contributed by atoms with Crippen LogP contribution in [0, 0.1) is 0 Å². The second kappa shape index (κ2) is 5.62. The molecule has 0 saturated heterocycles. The summed E-state index contributed by atoms with van der Waals surface area (Å²) in [7, 11) is 0. The smallest absolute Gasteiger partial charge is 0.338 e. The monoisotopic (exact) mass is 365 g/mol. The summed E-state index contributed by atoms with van der Waals surface area (Å²) in [6.07, 6.45) is 0.868. The molecule has 1 N–H and O–H groups in total. The lowest BCUT2D eigenvalue weighted by molar-refractivity contribution is -0.0883. The lowest BCUT2D eigenvalue weighted by Crippen LogP contribution is -2.43. The van der Waals surface area contributed by atoms with Gasteiger partial charge in [0.1, 0.15) is 11.7 Å². The van der Waals surface area contributed by atoms with Crippen LogP contribution in [0.2, 0.25) is 0 Å². The van der Waals surface area contributed by atoms with Crippen molar-refractivity contribution in [3.05, 3.63) is 48.1 Å². The normalized spacial score (nSPS) is 23.0. The maximum absolute atomic E-state index is 13.0. The number of aliphatic imine (C=N–C) groups is 1. The molecule has 130 valence electrons. The van der Waals surface area contributed by atoms with Crippen LogP contribution in [-0.4, -0.2) is 44.2 Å². The lowest BCUT2D eigenvalue weighted by atomic mass is 10.1. The Morgan fingerprint density at radius 2 is 2.24 bits per heavy atom. The van der Waals surface area contributed by atoms with E-state index in [-0.39, 0.29) is 0 Å². The molecule has 2 aromatic heterocycles. The molecular formula is C16H14F3N5S. The number of aromatic amines is 1. The molecule has 2 aliphatic heterocycles. The number of hydrogen-bond donors (Lipinski definition) is 1. The first-order valence-electron chi connectivity index (χ1n) is 7.70. The van der Waals surface area contributed by atoms with Crippen molar-refractivity contribution in [3.63, 3.8) is 0 Å². The van der Waals surface area contributed by atoms with Gasteiger partial charge >= 0.3 is 6.18 Å². The standard InChI is InChI=1S/C16H14F3N5S/c1-2-25-15(14-22-11-4-3-6-20-13(11)23-14)9-21-12-8-10(16(17,18)19)5-7-24(12)15/h3-8H,2,9H2,1H3,(H,20,22,23). The highest BCUT2D eigenvalue weighted by Gasteiger charge is 2.48. The van der Waals surface area contributed by atoms with Gasteiger partial charge in [-0.3, -0.25) is 4.99 Å². The molecule has 0 fully saturated rings. The Morgan fingerprint density at radius 1 is 1.40 bits per heavy atom. The number of amidine groups is 1. The number of aromatic nitrogens is 3. The molecule has 0 saturated carbocycles. The van der Waals surface area contributed by atoms with Gasteiger partial charge in [0.15, 0.2) is 10.5 Å². The molecule has 4 heterocycles. The van der Waals surface area contributed by atoms with Gasteiger partial charge in [0, 0.05) is 12.4 Å². The zero-order chi connectivity index (χ0) is 17.7. The number of nitrogens with zero attached hydrogens (tertiary/aromatic N) is 4. The number of thioether (sulfide) groups is 1. The van der Waals surface area contributed by atoms with Crippen LogP contribution in [0.1, 0.15) is 12.7 Å². The number of nitrogens with one attached hydrogen (secondary N) is 1. The van der Waals surface area contributed by atoms with Crippen LogP contribution in [0.5, 0.6) is 0 Å². The van der Waals surface area contributed by atoms with E-state index in [1.165, 1.54) is 6.20 Å². The van der Waals surface area contributed by atoms with Crippen LogP contribution in [0.4, 0.5) is 13.2 Å². The molecule has 0 radical (unpaired) electrons. The highest BCUT2D eigenvalue weighted by Crippen LogP contribution is 2.45. The molecule has 1 atom stereocenters. The van der Waals surface area contributed by atoms with E-state index in [0.29, 0.717) is 23.9 Å². The number of pyridine rings is 1. The van der Waals surface area contributed by atoms with Gasteiger partial charge in [-0.25, -0.2) is 9.97 Å². The minimum Gasteiger partial charge on any atom is -0.338 e. The third-order valence-electron chi connectivity index (χ3n) is 4.12. The number of H-pyrrole nitrogens is 1. The van der Waals surface area contributed by atoms with Gasteiger partial charge in [-0.15, -0.1) is 11.8 Å². The van der Waals surface area contributed by atoms with Gasteiger partial charge in [0.2, 0.25) is 0 Å².